The molecule has 0 bridgehead atoms. The number of amides is 1. The SMILES string of the molecule is CNC(=O)c1ccc2c(c1)CCN(C)C2. The van der Waals surface area contributed by atoms with Gasteiger partial charge in [0.15, 0.2) is 0 Å². The van der Waals surface area contributed by atoms with E-state index in [4.69, 9.17) is 0 Å². The van der Waals surface area contributed by atoms with Gasteiger partial charge >= 0.3 is 0 Å². The largest absolute Gasteiger partial charge is 0.355 e. The van der Waals surface area contributed by atoms with E-state index >= 15 is 0 Å². The van der Waals surface area contributed by atoms with Gasteiger partial charge in [0.25, 0.3) is 5.91 Å². The average molecular weight is 204 g/mol. The predicted molar refractivity (Wildman–Crippen MR) is 59.9 cm³/mol. The topological polar surface area (TPSA) is 32.3 Å². The summed E-state index contributed by atoms with van der Waals surface area (Å²) in [5.74, 6) is -0.00303. The summed E-state index contributed by atoms with van der Waals surface area (Å²) in [6, 6.07) is 5.98. The Labute approximate surface area is 90.1 Å². The third-order valence-electron chi connectivity index (χ3n) is 2.90. The smallest absolute Gasteiger partial charge is 0.251 e. The first-order valence-corrected chi connectivity index (χ1v) is 5.23. The summed E-state index contributed by atoms with van der Waals surface area (Å²) < 4.78 is 0. The molecule has 0 radical (unpaired) electrons. The third kappa shape index (κ3) is 2.02. The fourth-order valence-electron chi connectivity index (χ4n) is 1.98. The third-order valence-corrected chi connectivity index (χ3v) is 2.90. The van der Waals surface area contributed by atoms with E-state index in [0.717, 1.165) is 25.1 Å². The van der Waals surface area contributed by atoms with Crippen LogP contribution in [0.2, 0.25) is 0 Å². The lowest BCUT2D eigenvalue weighted by atomic mass is 9.97. The second-order valence-corrected chi connectivity index (χ2v) is 4.05. The van der Waals surface area contributed by atoms with Gasteiger partial charge in [-0.15, -0.1) is 0 Å². The van der Waals surface area contributed by atoms with Crippen LogP contribution in [0.5, 0.6) is 0 Å². The Bertz CT molecular complexity index is 387. The molecule has 80 valence electrons. The lowest BCUT2D eigenvalue weighted by molar-refractivity contribution is 0.0963. The van der Waals surface area contributed by atoms with Gasteiger partial charge in [-0.05, 0) is 36.7 Å². The zero-order valence-corrected chi connectivity index (χ0v) is 9.21. The van der Waals surface area contributed by atoms with Crippen LogP contribution in [0.4, 0.5) is 0 Å². The van der Waals surface area contributed by atoms with Gasteiger partial charge in [0.2, 0.25) is 0 Å². The van der Waals surface area contributed by atoms with Crippen molar-refractivity contribution in [1.82, 2.24) is 10.2 Å². The maximum atomic E-state index is 11.4. The fraction of sp³-hybridized carbons (Fsp3) is 0.417. The zero-order valence-electron chi connectivity index (χ0n) is 9.21. The number of likely N-dealkylation sites (N-methyl/N-ethyl adjacent to an activating group) is 1. The van der Waals surface area contributed by atoms with Crippen LogP contribution in [0.25, 0.3) is 0 Å². The van der Waals surface area contributed by atoms with Gasteiger partial charge in [-0.1, -0.05) is 6.07 Å². The minimum absolute atomic E-state index is 0.00303. The molecular weight excluding hydrogens is 188 g/mol. The molecule has 1 amide bonds. The monoisotopic (exact) mass is 204 g/mol. The molecule has 0 atom stereocenters. The molecule has 0 aliphatic carbocycles. The number of carbonyl (C=O) groups excluding carboxylic acids is 1. The van der Waals surface area contributed by atoms with Gasteiger partial charge in [-0.25, -0.2) is 0 Å². The molecule has 0 unspecified atom stereocenters. The molecular formula is C12H16N2O. The average Bonchev–Trinajstić information content (AvgIpc) is 2.27. The van der Waals surface area contributed by atoms with Crippen LogP contribution in [0, 0.1) is 0 Å². The number of hydrogen-bond acceptors (Lipinski definition) is 2. The quantitative estimate of drug-likeness (QED) is 0.741. The molecule has 0 saturated carbocycles. The minimum Gasteiger partial charge on any atom is -0.355 e. The number of fused-ring (bicyclic) bond motifs is 1. The molecule has 3 heteroatoms. The highest BCUT2D eigenvalue weighted by atomic mass is 16.1. The molecule has 0 spiro atoms. The standard InChI is InChI=1S/C12H16N2O/c1-13-12(15)10-3-4-11-8-14(2)6-5-9(11)7-10/h3-4,7H,5-6,8H2,1-2H3,(H,13,15). The fourth-order valence-corrected chi connectivity index (χ4v) is 1.98. The summed E-state index contributed by atoms with van der Waals surface area (Å²) in [6.07, 6.45) is 1.04. The van der Waals surface area contributed by atoms with Crippen LogP contribution in [0.1, 0.15) is 21.5 Å². The van der Waals surface area contributed by atoms with Crippen LogP contribution >= 0.6 is 0 Å². The summed E-state index contributed by atoms with van der Waals surface area (Å²) in [6.45, 7) is 2.06. The Morgan fingerprint density at radius 2 is 2.20 bits per heavy atom. The van der Waals surface area contributed by atoms with Gasteiger partial charge in [-0.3, -0.25) is 4.79 Å². The first kappa shape index (κ1) is 10.2. The number of benzene rings is 1. The molecule has 0 aromatic heterocycles. The van der Waals surface area contributed by atoms with E-state index in [0.29, 0.717) is 0 Å². The Balaban J connectivity index is 2.30. The van der Waals surface area contributed by atoms with Crippen molar-refractivity contribution in [1.29, 1.82) is 0 Å². The second kappa shape index (κ2) is 4.03. The van der Waals surface area contributed by atoms with Gasteiger partial charge in [-0.2, -0.15) is 0 Å². The highest BCUT2D eigenvalue weighted by molar-refractivity contribution is 5.94. The molecule has 3 nitrogen and oxygen atoms in total. The van der Waals surface area contributed by atoms with Gasteiger partial charge in [0.05, 0.1) is 0 Å². The van der Waals surface area contributed by atoms with Gasteiger partial charge < -0.3 is 10.2 Å². The van der Waals surface area contributed by atoms with Crippen molar-refractivity contribution in [2.24, 2.45) is 0 Å². The van der Waals surface area contributed by atoms with Crippen molar-refractivity contribution in [3.05, 3.63) is 34.9 Å². The highest BCUT2D eigenvalue weighted by Gasteiger charge is 2.14. The van der Waals surface area contributed by atoms with E-state index < -0.39 is 0 Å². The highest BCUT2D eigenvalue weighted by Crippen LogP contribution is 2.19. The van der Waals surface area contributed by atoms with E-state index in [1.54, 1.807) is 7.05 Å². The molecule has 15 heavy (non-hydrogen) atoms. The Morgan fingerprint density at radius 1 is 1.40 bits per heavy atom. The Morgan fingerprint density at radius 3 is 2.93 bits per heavy atom. The number of nitrogens with zero attached hydrogens (tertiary/aromatic N) is 1. The molecule has 1 heterocycles. The first-order chi connectivity index (χ1) is 7.20. The zero-order chi connectivity index (χ0) is 10.8. The summed E-state index contributed by atoms with van der Waals surface area (Å²) in [4.78, 5) is 13.7. The van der Waals surface area contributed by atoms with Crippen LogP contribution in [-0.4, -0.2) is 31.4 Å². The van der Waals surface area contributed by atoms with Crippen molar-refractivity contribution in [3.63, 3.8) is 0 Å². The van der Waals surface area contributed by atoms with Crippen LogP contribution in [0.15, 0.2) is 18.2 Å². The van der Waals surface area contributed by atoms with Crippen molar-refractivity contribution >= 4 is 5.91 Å². The number of hydrogen-bond donors (Lipinski definition) is 1. The van der Waals surface area contributed by atoms with Crippen molar-refractivity contribution in [3.8, 4) is 0 Å². The predicted octanol–water partition coefficient (Wildman–Crippen LogP) is 1.03. The van der Waals surface area contributed by atoms with Crippen molar-refractivity contribution < 1.29 is 4.79 Å². The lowest BCUT2D eigenvalue weighted by Crippen LogP contribution is -2.27. The van der Waals surface area contributed by atoms with Crippen molar-refractivity contribution in [2.45, 2.75) is 13.0 Å². The lowest BCUT2D eigenvalue weighted by Gasteiger charge is -2.25. The molecule has 1 aliphatic heterocycles. The first-order valence-electron chi connectivity index (χ1n) is 5.23. The molecule has 0 saturated heterocycles. The summed E-state index contributed by atoms with van der Waals surface area (Å²) >= 11 is 0. The second-order valence-electron chi connectivity index (χ2n) is 4.05. The maximum absolute atomic E-state index is 11.4. The van der Waals surface area contributed by atoms with Gasteiger partial charge in [0, 0.05) is 25.7 Å². The minimum atomic E-state index is -0.00303. The normalized spacial score (nSPS) is 15.9. The van der Waals surface area contributed by atoms with E-state index in [2.05, 4.69) is 23.3 Å². The Hall–Kier alpha value is -1.35. The molecule has 0 fully saturated rings. The van der Waals surface area contributed by atoms with E-state index in [1.807, 2.05) is 12.1 Å². The van der Waals surface area contributed by atoms with Crippen LogP contribution < -0.4 is 5.32 Å². The maximum Gasteiger partial charge on any atom is 0.251 e. The molecule has 1 aromatic carbocycles. The van der Waals surface area contributed by atoms with Gasteiger partial charge in [0.1, 0.15) is 0 Å². The van der Waals surface area contributed by atoms with E-state index in [-0.39, 0.29) is 5.91 Å². The molecule has 1 aromatic rings. The summed E-state index contributed by atoms with van der Waals surface area (Å²) in [5, 5.41) is 2.65. The molecule has 2 rings (SSSR count). The number of rotatable bonds is 1. The number of carbonyl (C=O) groups is 1. The van der Waals surface area contributed by atoms with Crippen LogP contribution in [0.3, 0.4) is 0 Å². The molecule has 1 aliphatic rings. The van der Waals surface area contributed by atoms with E-state index in [9.17, 15) is 4.79 Å². The Kier molecular flexibility index (Phi) is 2.73. The van der Waals surface area contributed by atoms with Crippen molar-refractivity contribution in [2.75, 3.05) is 20.6 Å². The van der Waals surface area contributed by atoms with Crippen LogP contribution in [-0.2, 0) is 13.0 Å². The molecule has 1 N–H and O–H groups in total. The number of nitrogens with one attached hydrogen (secondary N) is 1. The summed E-state index contributed by atoms with van der Waals surface area (Å²) in [7, 11) is 3.78. The summed E-state index contributed by atoms with van der Waals surface area (Å²) in [5.41, 5.74) is 3.42. The van der Waals surface area contributed by atoms with E-state index in [1.165, 1.54) is 11.1 Å².